The Bertz CT molecular complexity index is 6.00. The van der Waals surface area contributed by atoms with Gasteiger partial charge < -0.3 is 0 Å². The van der Waals surface area contributed by atoms with E-state index in [4.69, 9.17) is 0 Å². The summed E-state index contributed by atoms with van der Waals surface area (Å²) in [4.78, 5) is 0. The summed E-state index contributed by atoms with van der Waals surface area (Å²) in [5.74, 6) is 0. The summed E-state index contributed by atoms with van der Waals surface area (Å²) in [5, 5.41) is 0. The molecule has 0 amide bonds. The molecular weight excluding hydrogens is 209 g/mol. The summed E-state index contributed by atoms with van der Waals surface area (Å²) in [6.07, 6.45) is 0. The van der Waals surface area contributed by atoms with E-state index in [1.54, 1.807) is 0 Å². The van der Waals surface area contributed by atoms with E-state index in [1.165, 1.54) is 0 Å². The van der Waals surface area contributed by atoms with Gasteiger partial charge >= 0.3 is 35.2 Å². The van der Waals surface area contributed by atoms with Crippen molar-refractivity contribution in [2.75, 3.05) is 0 Å². The maximum atomic E-state index is 4.56. The number of hydrogen-bond donors (Lipinski definition) is 0. The molecule has 0 spiro atoms. The molecule has 0 aromatic heterocycles. The number of halogens is 1. The molecule has 0 aromatic carbocycles. The van der Waals surface area contributed by atoms with E-state index in [2.05, 4.69) is 11.1 Å². The maximum absolute atomic E-state index is 4.56. The molecule has 0 fully saturated rings. The van der Waals surface area contributed by atoms with Crippen molar-refractivity contribution in [1.29, 1.82) is 0 Å². The van der Waals surface area contributed by atoms with E-state index < -0.39 is 0 Å². The molecular formula is H7ClGe2Si. The molecule has 0 atom stereocenters. The molecule has 4 heavy (non-hydrogen) atoms. The summed E-state index contributed by atoms with van der Waals surface area (Å²) < 4.78 is 0. The Hall–Kier alpha value is 1.59. The van der Waals surface area contributed by atoms with Crippen molar-refractivity contribution in [3.05, 3.63) is 0 Å². The molecule has 0 aliphatic heterocycles. The Morgan fingerprint density at radius 1 is 1.00 bits per heavy atom. The molecule has 26 valence electrons. The second-order valence-corrected chi connectivity index (χ2v) is 0. The Balaban J connectivity index is -0.00000000500. The molecule has 4 heteroatoms. The SMILES string of the molecule is [GeH3].[GeH3].[SiH]Cl. The predicted octanol–water partition coefficient (Wildman–Crippen LogP) is -2.33. The molecule has 4 radical (unpaired) electrons. The summed E-state index contributed by atoms with van der Waals surface area (Å²) in [6, 6.07) is 0. The maximum Gasteiger partial charge on any atom is 0.149 e. The van der Waals surface area contributed by atoms with Gasteiger partial charge in [-0.05, 0) is 0 Å². The predicted molar refractivity (Wildman–Crippen MR) is 32.9 cm³/mol. The smallest absolute Gasteiger partial charge is 0.149 e. The van der Waals surface area contributed by atoms with Crippen LogP contribution in [-0.4, -0.2) is 44.7 Å². The minimum absolute atomic E-state index is 0. The first-order valence-electron chi connectivity index (χ1n) is 0.218. The van der Waals surface area contributed by atoms with Crippen molar-refractivity contribution in [1.82, 2.24) is 0 Å². The van der Waals surface area contributed by atoms with E-state index in [1.807, 2.05) is 9.55 Å². The van der Waals surface area contributed by atoms with Crippen molar-refractivity contribution >= 4 is 55.8 Å². The molecule has 0 saturated heterocycles. The quantitative estimate of drug-likeness (QED) is 0.314. The first kappa shape index (κ1) is 17.5. The Morgan fingerprint density at radius 3 is 1.00 bits per heavy atom. The van der Waals surface area contributed by atoms with Gasteiger partial charge in [0.25, 0.3) is 0 Å². The van der Waals surface area contributed by atoms with Crippen LogP contribution in [0.25, 0.3) is 0 Å². The minimum Gasteiger partial charge on any atom is -0.177 e. The van der Waals surface area contributed by atoms with Gasteiger partial charge in [0.15, 0.2) is 0 Å². The van der Waals surface area contributed by atoms with Crippen LogP contribution >= 0.6 is 11.1 Å². The van der Waals surface area contributed by atoms with Crippen LogP contribution in [-0.2, 0) is 0 Å². The fraction of sp³-hybridized carbons (Fsp3) is 0. The Kier molecular flexibility index (Phi) is 103. The van der Waals surface area contributed by atoms with Gasteiger partial charge in [-0.1, -0.05) is 0 Å². The zero-order valence-corrected chi connectivity index (χ0v) is 13.3. The first-order chi connectivity index (χ1) is 1.00. The molecule has 0 nitrogen and oxygen atoms in total. The van der Waals surface area contributed by atoms with Crippen molar-refractivity contribution in [2.45, 2.75) is 0 Å². The average molecular weight is 216 g/mol. The summed E-state index contributed by atoms with van der Waals surface area (Å²) in [5.41, 5.74) is 0. The van der Waals surface area contributed by atoms with E-state index in [0.29, 0.717) is 0 Å². The number of hydrogen-bond acceptors (Lipinski definition) is 0. The first-order valence-corrected chi connectivity index (χ1v) is 1.96. The molecule has 0 N–H and O–H groups in total. The second kappa shape index (κ2) is 23.4. The van der Waals surface area contributed by atoms with E-state index >= 15 is 0 Å². The molecule has 0 heterocycles. The normalized spacial score (nSPS) is 1.50. The van der Waals surface area contributed by atoms with Gasteiger partial charge in [0, 0.05) is 0 Å². The van der Waals surface area contributed by atoms with Crippen LogP contribution in [0.15, 0.2) is 0 Å². The van der Waals surface area contributed by atoms with E-state index in [-0.39, 0.29) is 35.2 Å². The molecule has 0 rings (SSSR count). The van der Waals surface area contributed by atoms with Crippen molar-refractivity contribution in [2.24, 2.45) is 0 Å². The summed E-state index contributed by atoms with van der Waals surface area (Å²) >= 11 is 4.56. The third-order valence-electron chi connectivity index (χ3n) is 0. The fourth-order valence-corrected chi connectivity index (χ4v) is 0. The molecule has 0 bridgehead atoms. The molecule has 0 aromatic rings. The van der Waals surface area contributed by atoms with Crippen LogP contribution in [0.5, 0.6) is 0 Å². The Labute approximate surface area is 55.7 Å². The van der Waals surface area contributed by atoms with Gasteiger partial charge in [0.1, 0.15) is 9.55 Å². The van der Waals surface area contributed by atoms with E-state index in [9.17, 15) is 0 Å². The number of rotatable bonds is 0. The van der Waals surface area contributed by atoms with Gasteiger partial charge in [-0.2, -0.15) is 11.1 Å². The molecule has 0 saturated carbocycles. The van der Waals surface area contributed by atoms with Gasteiger partial charge in [-0.3, -0.25) is 0 Å². The third-order valence-corrected chi connectivity index (χ3v) is 0. The zero-order valence-electron chi connectivity index (χ0n) is 2.96. The zero-order chi connectivity index (χ0) is 2.00. The monoisotopic (exact) mass is 218 g/mol. The van der Waals surface area contributed by atoms with Crippen LogP contribution in [0.4, 0.5) is 0 Å². The van der Waals surface area contributed by atoms with E-state index in [0.717, 1.165) is 0 Å². The largest absolute Gasteiger partial charge is 0.177 e. The minimum atomic E-state index is 0. The molecule has 0 aliphatic carbocycles. The fourth-order valence-electron chi connectivity index (χ4n) is 0. The molecule has 0 unspecified atom stereocenters. The average Bonchev–Trinajstić information content (AvgIpc) is 1.00. The summed E-state index contributed by atoms with van der Waals surface area (Å²) in [7, 11) is 1.89. The third kappa shape index (κ3) is 9.52. The van der Waals surface area contributed by atoms with Crippen LogP contribution in [0.3, 0.4) is 0 Å². The standard InChI is InChI=1S/ClHSi.2GeH3/c1-2;;/h2H;2*1H3. The van der Waals surface area contributed by atoms with Crippen LogP contribution in [0.1, 0.15) is 0 Å². The second-order valence-electron chi connectivity index (χ2n) is 0. The van der Waals surface area contributed by atoms with Crippen LogP contribution in [0.2, 0.25) is 0 Å². The van der Waals surface area contributed by atoms with Gasteiger partial charge in [-0.15, -0.1) is 0 Å². The topological polar surface area (TPSA) is 0 Å². The van der Waals surface area contributed by atoms with Gasteiger partial charge in [0.05, 0.1) is 0 Å². The van der Waals surface area contributed by atoms with Crippen molar-refractivity contribution in [3.63, 3.8) is 0 Å². The summed E-state index contributed by atoms with van der Waals surface area (Å²) in [6.45, 7) is 0. The van der Waals surface area contributed by atoms with Crippen LogP contribution in [0, 0.1) is 0 Å². The van der Waals surface area contributed by atoms with Crippen molar-refractivity contribution < 1.29 is 0 Å². The Morgan fingerprint density at radius 2 is 1.00 bits per heavy atom. The van der Waals surface area contributed by atoms with Gasteiger partial charge in [-0.25, -0.2) is 0 Å². The van der Waals surface area contributed by atoms with Gasteiger partial charge in [0.2, 0.25) is 0 Å². The van der Waals surface area contributed by atoms with Crippen LogP contribution < -0.4 is 0 Å². The molecule has 0 aliphatic rings. The van der Waals surface area contributed by atoms with Crippen molar-refractivity contribution in [3.8, 4) is 0 Å².